The zero-order valence-electron chi connectivity index (χ0n) is 5.44. The van der Waals surface area contributed by atoms with E-state index >= 15 is 0 Å². The van der Waals surface area contributed by atoms with Gasteiger partial charge in [0, 0.05) is 24.8 Å². The fraction of sp³-hybridized carbons (Fsp3) is 0.833. The van der Waals surface area contributed by atoms with E-state index in [9.17, 15) is 13.6 Å². The Hall–Kier alpha value is -0.510. The molecule has 0 unspecified atom stereocenters. The molecule has 0 aromatic carbocycles. The van der Waals surface area contributed by atoms with Gasteiger partial charge in [0.15, 0.2) is 0 Å². The van der Waals surface area contributed by atoms with E-state index in [4.69, 9.17) is 5.73 Å². The van der Waals surface area contributed by atoms with E-state index in [2.05, 4.69) is 0 Å². The molecule has 0 aromatic heterocycles. The Morgan fingerprint density at radius 2 is 2.00 bits per heavy atom. The Bertz CT molecular complexity index is 150. The van der Waals surface area contributed by atoms with Crippen molar-refractivity contribution in [3.8, 4) is 0 Å². The Labute approximate surface area is 57.4 Å². The molecule has 10 heavy (non-hydrogen) atoms. The molecule has 1 saturated carbocycles. The van der Waals surface area contributed by atoms with Crippen molar-refractivity contribution in [2.24, 2.45) is 11.1 Å². The highest BCUT2D eigenvalue weighted by Crippen LogP contribution is 2.49. The van der Waals surface area contributed by atoms with Crippen LogP contribution < -0.4 is 5.73 Å². The zero-order chi connectivity index (χ0) is 7.83. The lowest BCUT2D eigenvalue weighted by molar-refractivity contribution is -0.164. The number of carbonyl (C=O) groups is 1. The molecule has 0 amide bonds. The SMILES string of the molecule is NCC1(C=O)CC(F)(F)C1. The summed E-state index contributed by atoms with van der Waals surface area (Å²) in [6, 6.07) is 0. The van der Waals surface area contributed by atoms with Gasteiger partial charge in [-0.25, -0.2) is 8.78 Å². The summed E-state index contributed by atoms with van der Waals surface area (Å²) in [6.07, 6.45) is -0.204. The van der Waals surface area contributed by atoms with Gasteiger partial charge in [-0.15, -0.1) is 0 Å². The molecule has 0 heterocycles. The number of hydrogen-bond donors (Lipinski definition) is 1. The van der Waals surface area contributed by atoms with Crippen LogP contribution in [0.15, 0.2) is 0 Å². The van der Waals surface area contributed by atoms with Gasteiger partial charge < -0.3 is 10.5 Å². The van der Waals surface area contributed by atoms with Crippen LogP contribution in [0.1, 0.15) is 12.8 Å². The van der Waals surface area contributed by atoms with Crippen molar-refractivity contribution < 1.29 is 13.6 Å². The molecular formula is C6H9F2NO. The van der Waals surface area contributed by atoms with E-state index in [0.29, 0.717) is 6.29 Å². The minimum absolute atomic E-state index is 0.0338. The topological polar surface area (TPSA) is 43.1 Å². The highest BCUT2D eigenvalue weighted by atomic mass is 19.3. The summed E-state index contributed by atoms with van der Waals surface area (Å²) in [4.78, 5) is 10.2. The summed E-state index contributed by atoms with van der Waals surface area (Å²) in [7, 11) is 0. The van der Waals surface area contributed by atoms with E-state index in [1.807, 2.05) is 0 Å². The zero-order valence-corrected chi connectivity index (χ0v) is 5.44. The number of aldehydes is 1. The third-order valence-corrected chi connectivity index (χ3v) is 1.88. The van der Waals surface area contributed by atoms with Crippen LogP contribution in [-0.2, 0) is 4.79 Å². The number of rotatable bonds is 2. The normalized spacial score (nSPS) is 27.1. The number of alkyl halides is 2. The van der Waals surface area contributed by atoms with Crippen molar-refractivity contribution in [2.75, 3.05) is 6.54 Å². The van der Waals surface area contributed by atoms with E-state index in [-0.39, 0.29) is 19.4 Å². The van der Waals surface area contributed by atoms with Crippen LogP contribution in [0.5, 0.6) is 0 Å². The largest absolute Gasteiger partial charge is 0.329 e. The van der Waals surface area contributed by atoms with Gasteiger partial charge in [-0.1, -0.05) is 0 Å². The number of hydrogen-bond acceptors (Lipinski definition) is 2. The molecule has 1 rings (SSSR count). The smallest absolute Gasteiger partial charge is 0.250 e. The van der Waals surface area contributed by atoms with Crippen molar-refractivity contribution in [1.82, 2.24) is 0 Å². The second-order valence-electron chi connectivity index (χ2n) is 2.89. The second kappa shape index (κ2) is 1.99. The first-order valence-corrected chi connectivity index (χ1v) is 3.08. The van der Waals surface area contributed by atoms with Gasteiger partial charge in [0.2, 0.25) is 5.92 Å². The predicted octanol–water partition coefficient (Wildman–Crippen LogP) is 0.559. The summed E-state index contributed by atoms with van der Waals surface area (Å²) >= 11 is 0. The minimum atomic E-state index is -2.65. The van der Waals surface area contributed by atoms with Gasteiger partial charge in [0.05, 0.1) is 0 Å². The van der Waals surface area contributed by atoms with Crippen molar-refractivity contribution in [3.63, 3.8) is 0 Å². The van der Waals surface area contributed by atoms with Gasteiger partial charge in [-0.3, -0.25) is 0 Å². The molecule has 0 aromatic rings. The molecule has 0 aliphatic heterocycles. The Balaban J connectivity index is 2.54. The van der Waals surface area contributed by atoms with Gasteiger partial charge >= 0.3 is 0 Å². The molecule has 0 radical (unpaired) electrons. The van der Waals surface area contributed by atoms with E-state index in [1.165, 1.54) is 0 Å². The summed E-state index contributed by atoms with van der Waals surface area (Å²) in [5.41, 5.74) is 4.22. The first kappa shape index (κ1) is 7.60. The molecule has 2 N–H and O–H groups in total. The summed E-state index contributed by atoms with van der Waals surface area (Å²) in [5.74, 6) is -2.65. The molecule has 0 bridgehead atoms. The van der Waals surface area contributed by atoms with Crippen molar-refractivity contribution in [3.05, 3.63) is 0 Å². The maximum Gasteiger partial charge on any atom is 0.250 e. The monoisotopic (exact) mass is 149 g/mol. The molecule has 0 atom stereocenters. The van der Waals surface area contributed by atoms with E-state index in [1.54, 1.807) is 0 Å². The van der Waals surface area contributed by atoms with Gasteiger partial charge in [0.1, 0.15) is 6.29 Å². The molecule has 2 nitrogen and oxygen atoms in total. The maximum absolute atomic E-state index is 12.2. The lowest BCUT2D eigenvalue weighted by Crippen LogP contribution is -2.51. The van der Waals surface area contributed by atoms with Crippen molar-refractivity contribution in [2.45, 2.75) is 18.8 Å². The van der Waals surface area contributed by atoms with Crippen LogP contribution in [0, 0.1) is 5.41 Å². The predicted molar refractivity (Wildman–Crippen MR) is 31.7 cm³/mol. The van der Waals surface area contributed by atoms with E-state index < -0.39 is 11.3 Å². The molecule has 1 aliphatic rings. The summed E-state index contributed by atoms with van der Waals surface area (Å²) < 4.78 is 24.4. The lowest BCUT2D eigenvalue weighted by Gasteiger charge is -2.42. The van der Waals surface area contributed by atoms with Gasteiger partial charge in [0.25, 0.3) is 0 Å². The van der Waals surface area contributed by atoms with Crippen molar-refractivity contribution in [1.29, 1.82) is 0 Å². The molecule has 58 valence electrons. The summed E-state index contributed by atoms with van der Waals surface area (Å²) in [5, 5.41) is 0. The fourth-order valence-electron chi connectivity index (χ4n) is 1.25. The Kier molecular flexibility index (Phi) is 1.51. The summed E-state index contributed by atoms with van der Waals surface area (Å²) in [6.45, 7) is 0.0338. The Morgan fingerprint density at radius 3 is 2.10 bits per heavy atom. The Morgan fingerprint density at radius 1 is 1.50 bits per heavy atom. The van der Waals surface area contributed by atoms with Crippen LogP contribution in [0.3, 0.4) is 0 Å². The average Bonchev–Trinajstić information content (AvgIpc) is 1.82. The highest BCUT2D eigenvalue weighted by Gasteiger charge is 2.55. The maximum atomic E-state index is 12.2. The minimum Gasteiger partial charge on any atom is -0.329 e. The second-order valence-corrected chi connectivity index (χ2v) is 2.89. The van der Waals surface area contributed by atoms with Crippen LogP contribution in [-0.4, -0.2) is 18.8 Å². The third kappa shape index (κ3) is 1.03. The first-order valence-electron chi connectivity index (χ1n) is 3.08. The van der Waals surface area contributed by atoms with E-state index in [0.717, 1.165) is 0 Å². The number of nitrogens with two attached hydrogens (primary N) is 1. The van der Waals surface area contributed by atoms with Crippen LogP contribution in [0.4, 0.5) is 8.78 Å². The first-order chi connectivity index (χ1) is 4.54. The lowest BCUT2D eigenvalue weighted by atomic mass is 9.67. The van der Waals surface area contributed by atoms with Gasteiger partial charge in [-0.2, -0.15) is 0 Å². The van der Waals surface area contributed by atoms with Crippen LogP contribution in [0.25, 0.3) is 0 Å². The molecule has 4 heteroatoms. The highest BCUT2D eigenvalue weighted by molar-refractivity contribution is 5.62. The number of carbonyl (C=O) groups excluding carboxylic acids is 1. The standard InChI is InChI=1S/C6H9F2NO/c7-6(8)1-5(2-6,3-9)4-10/h4H,1-3,9H2. The molecule has 0 saturated heterocycles. The third-order valence-electron chi connectivity index (χ3n) is 1.88. The molecule has 0 spiro atoms. The quantitative estimate of drug-likeness (QED) is 0.583. The molecule has 1 fully saturated rings. The average molecular weight is 149 g/mol. The van der Waals surface area contributed by atoms with Gasteiger partial charge in [-0.05, 0) is 0 Å². The van der Waals surface area contributed by atoms with Crippen LogP contribution >= 0.6 is 0 Å². The molecular weight excluding hydrogens is 140 g/mol. The van der Waals surface area contributed by atoms with Crippen molar-refractivity contribution >= 4 is 6.29 Å². The fourth-order valence-corrected chi connectivity index (χ4v) is 1.25. The van der Waals surface area contributed by atoms with Crippen LogP contribution in [0.2, 0.25) is 0 Å². The number of halogens is 2. The molecule has 1 aliphatic carbocycles.